The van der Waals surface area contributed by atoms with Crippen molar-refractivity contribution in [3.63, 3.8) is 0 Å². The van der Waals surface area contributed by atoms with Crippen LogP contribution in [0.25, 0.3) is 0 Å². The van der Waals surface area contributed by atoms with Crippen molar-refractivity contribution >= 4 is 0 Å². The lowest BCUT2D eigenvalue weighted by Gasteiger charge is -2.25. The highest BCUT2D eigenvalue weighted by Gasteiger charge is 2.31. The van der Waals surface area contributed by atoms with Crippen LogP contribution in [0.2, 0.25) is 0 Å². The second-order valence-corrected chi connectivity index (χ2v) is 5.20. The molecule has 0 heterocycles. The molecule has 1 atom stereocenters. The summed E-state index contributed by atoms with van der Waals surface area (Å²) in [7, 11) is 0. The standard InChI is InChI=1S/C15H20F3NO/c1-2-19-14(11-5-3-4-6-11)12-7-9-13(10-8-12)20-15(16,17)18/h7-11,14,19H,2-6H2,1H3. The fourth-order valence-electron chi connectivity index (χ4n) is 2.94. The lowest BCUT2D eigenvalue weighted by atomic mass is 9.91. The molecule has 0 radical (unpaired) electrons. The summed E-state index contributed by atoms with van der Waals surface area (Å²) in [5.41, 5.74) is 1.04. The van der Waals surface area contributed by atoms with Crippen molar-refractivity contribution in [2.75, 3.05) is 6.54 Å². The Labute approximate surface area is 117 Å². The van der Waals surface area contributed by atoms with Gasteiger partial charge < -0.3 is 10.1 Å². The Balaban J connectivity index is 2.09. The monoisotopic (exact) mass is 287 g/mol. The van der Waals surface area contributed by atoms with E-state index in [0.717, 1.165) is 12.1 Å². The van der Waals surface area contributed by atoms with Gasteiger partial charge in [0.25, 0.3) is 0 Å². The zero-order valence-corrected chi connectivity index (χ0v) is 11.5. The number of rotatable bonds is 5. The smallest absolute Gasteiger partial charge is 0.406 e. The van der Waals surface area contributed by atoms with Crippen LogP contribution in [0.4, 0.5) is 13.2 Å². The normalized spacial score (nSPS) is 18.2. The molecule has 1 N–H and O–H groups in total. The molecule has 112 valence electrons. The van der Waals surface area contributed by atoms with Crippen molar-refractivity contribution in [3.05, 3.63) is 29.8 Å². The third-order valence-corrected chi connectivity index (χ3v) is 3.77. The number of hydrogen-bond donors (Lipinski definition) is 1. The number of ether oxygens (including phenoxy) is 1. The van der Waals surface area contributed by atoms with Crippen LogP contribution in [0.5, 0.6) is 5.75 Å². The largest absolute Gasteiger partial charge is 0.573 e. The molecule has 5 heteroatoms. The fourth-order valence-corrected chi connectivity index (χ4v) is 2.94. The highest BCUT2D eigenvalue weighted by Crippen LogP contribution is 2.36. The first kappa shape index (κ1) is 15.2. The van der Waals surface area contributed by atoms with Gasteiger partial charge in [-0.1, -0.05) is 31.9 Å². The Morgan fingerprint density at radius 3 is 2.30 bits per heavy atom. The van der Waals surface area contributed by atoms with E-state index in [9.17, 15) is 13.2 Å². The second kappa shape index (κ2) is 6.48. The molecule has 1 aromatic rings. The summed E-state index contributed by atoms with van der Waals surface area (Å²) in [6.45, 7) is 2.89. The number of alkyl halides is 3. The molecule has 0 spiro atoms. The average Bonchev–Trinajstić information content (AvgIpc) is 2.89. The van der Waals surface area contributed by atoms with Gasteiger partial charge in [-0.05, 0) is 43.0 Å². The molecule has 2 rings (SSSR count). The van der Waals surface area contributed by atoms with Crippen LogP contribution in [0.1, 0.15) is 44.2 Å². The average molecular weight is 287 g/mol. The first-order valence-corrected chi connectivity index (χ1v) is 7.08. The minimum Gasteiger partial charge on any atom is -0.406 e. The molecule has 1 aliphatic carbocycles. The summed E-state index contributed by atoms with van der Waals surface area (Å²) in [5, 5.41) is 3.45. The molecule has 1 unspecified atom stereocenters. The van der Waals surface area contributed by atoms with Crippen molar-refractivity contribution in [3.8, 4) is 5.75 Å². The molecule has 0 aromatic heterocycles. The van der Waals surface area contributed by atoms with E-state index >= 15 is 0 Å². The molecule has 0 saturated heterocycles. The summed E-state index contributed by atoms with van der Waals surface area (Å²) >= 11 is 0. The van der Waals surface area contributed by atoms with Gasteiger partial charge in [0.1, 0.15) is 5.75 Å². The van der Waals surface area contributed by atoms with Crippen molar-refractivity contribution in [2.45, 2.75) is 45.0 Å². The number of hydrogen-bond acceptors (Lipinski definition) is 2. The van der Waals surface area contributed by atoms with E-state index in [1.54, 1.807) is 12.1 Å². The van der Waals surface area contributed by atoms with Crippen LogP contribution in [-0.4, -0.2) is 12.9 Å². The molecule has 0 bridgehead atoms. The molecule has 1 aliphatic rings. The van der Waals surface area contributed by atoms with Gasteiger partial charge in [-0.3, -0.25) is 0 Å². The second-order valence-electron chi connectivity index (χ2n) is 5.20. The Hall–Kier alpha value is -1.23. The Morgan fingerprint density at radius 1 is 1.20 bits per heavy atom. The summed E-state index contributed by atoms with van der Waals surface area (Å²) in [4.78, 5) is 0. The predicted molar refractivity (Wildman–Crippen MR) is 71.5 cm³/mol. The summed E-state index contributed by atoms with van der Waals surface area (Å²) < 4.78 is 40.3. The van der Waals surface area contributed by atoms with Gasteiger partial charge in [-0.25, -0.2) is 0 Å². The number of halogens is 3. The van der Waals surface area contributed by atoms with Crippen molar-refractivity contribution in [1.29, 1.82) is 0 Å². The molecule has 2 nitrogen and oxygen atoms in total. The van der Waals surface area contributed by atoms with E-state index in [1.165, 1.54) is 37.8 Å². The molecule has 1 aromatic carbocycles. The fraction of sp³-hybridized carbons (Fsp3) is 0.600. The molecular weight excluding hydrogens is 267 g/mol. The molecular formula is C15H20F3NO. The van der Waals surface area contributed by atoms with Gasteiger partial charge in [0.15, 0.2) is 0 Å². The Bertz CT molecular complexity index is 410. The van der Waals surface area contributed by atoms with E-state index in [-0.39, 0.29) is 11.8 Å². The van der Waals surface area contributed by atoms with Crippen molar-refractivity contribution < 1.29 is 17.9 Å². The summed E-state index contributed by atoms with van der Waals surface area (Å²) in [5.74, 6) is 0.409. The van der Waals surface area contributed by atoms with E-state index in [4.69, 9.17) is 0 Å². The predicted octanol–water partition coefficient (Wildman–Crippen LogP) is 4.43. The van der Waals surface area contributed by atoms with Crippen LogP contribution >= 0.6 is 0 Å². The molecule has 1 saturated carbocycles. The summed E-state index contributed by atoms with van der Waals surface area (Å²) in [6.07, 6.45) is 0.203. The van der Waals surface area contributed by atoms with Gasteiger partial charge in [-0.2, -0.15) is 0 Å². The maximum Gasteiger partial charge on any atom is 0.573 e. The first-order valence-electron chi connectivity index (χ1n) is 7.08. The van der Waals surface area contributed by atoms with Crippen molar-refractivity contribution in [1.82, 2.24) is 5.32 Å². The quantitative estimate of drug-likeness (QED) is 0.865. The Morgan fingerprint density at radius 2 is 1.80 bits per heavy atom. The SMILES string of the molecule is CCNC(c1ccc(OC(F)(F)F)cc1)C1CCCC1. The molecule has 1 fully saturated rings. The zero-order chi connectivity index (χ0) is 14.6. The minimum absolute atomic E-state index is 0.164. The topological polar surface area (TPSA) is 21.3 Å². The van der Waals surface area contributed by atoms with Gasteiger partial charge in [0.05, 0.1) is 0 Å². The maximum absolute atomic E-state index is 12.1. The minimum atomic E-state index is -4.63. The van der Waals surface area contributed by atoms with E-state index in [2.05, 4.69) is 10.1 Å². The van der Waals surface area contributed by atoms with Crippen LogP contribution in [0, 0.1) is 5.92 Å². The highest BCUT2D eigenvalue weighted by molar-refractivity contribution is 5.29. The molecule has 20 heavy (non-hydrogen) atoms. The van der Waals surface area contributed by atoms with E-state index in [1.807, 2.05) is 6.92 Å². The maximum atomic E-state index is 12.1. The van der Waals surface area contributed by atoms with Crippen LogP contribution in [0.15, 0.2) is 24.3 Å². The van der Waals surface area contributed by atoms with Crippen LogP contribution in [0.3, 0.4) is 0 Å². The Kier molecular flexibility index (Phi) is 4.91. The van der Waals surface area contributed by atoms with E-state index < -0.39 is 6.36 Å². The highest BCUT2D eigenvalue weighted by atomic mass is 19.4. The van der Waals surface area contributed by atoms with E-state index in [0.29, 0.717) is 5.92 Å². The van der Waals surface area contributed by atoms with Gasteiger partial charge in [-0.15, -0.1) is 13.2 Å². The summed E-state index contributed by atoms with van der Waals surface area (Å²) in [6, 6.07) is 6.46. The zero-order valence-electron chi connectivity index (χ0n) is 11.5. The molecule has 0 aliphatic heterocycles. The lowest BCUT2D eigenvalue weighted by molar-refractivity contribution is -0.274. The molecule has 0 amide bonds. The third kappa shape index (κ3) is 4.13. The lowest BCUT2D eigenvalue weighted by Crippen LogP contribution is -2.27. The van der Waals surface area contributed by atoms with Crippen LogP contribution in [-0.2, 0) is 0 Å². The van der Waals surface area contributed by atoms with Gasteiger partial charge in [0.2, 0.25) is 0 Å². The van der Waals surface area contributed by atoms with Crippen LogP contribution < -0.4 is 10.1 Å². The number of nitrogens with one attached hydrogen (secondary N) is 1. The third-order valence-electron chi connectivity index (χ3n) is 3.77. The number of benzene rings is 1. The first-order chi connectivity index (χ1) is 9.49. The van der Waals surface area contributed by atoms with Crippen molar-refractivity contribution in [2.24, 2.45) is 5.92 Å². The van der Waals surface area contributed by atoms with Gasteiger partial charge in [0, 0.05) is 6.04 Å². The van der Waals surface area contributed by atoms with Gasteiger partial charge >= 0.3 is 6.36 Å².